The fourth-order valence-corrected chi connectivity index (χ4v) is 1.64. The van der Waals surface area contributed by atoms with Crippen LogP contribution in [0.2, 0.25) is 0 Å². The van der Waals surface area contributed by atoms with Gasteiger partial charge in [0.15, 0.2) is 0 Å². The number of nitriles is 1. The summed E-state index contributed by atoms with van der Waals surface area (Å²) in [6, 6.07) is 9.13. The van der Waals surface area contributed by atoms with Crippen LogP contribution in [0.3, 0.4) is 0 Å². The Hall–Kier alpha value is -2.02. The predicted octanol–water partition coefficient (Wildman–Crippen LogP) is 2.32. The first-order chi connectivity index (χ1) is 8.62. The highest BCUT2D eigenvalue weighted by Gasteiger charge is 2.16. The Morgan fingerprint density at radius 2 is 2.06 bits per heavy atom. The molecule has 4 heteroatoms. The van der Waals surface area contributed by atoms with Crippen LogP contribution in [0.25, 0.3) is 0 Å². The normalized spacial score (nSPS) is 11.4. The highest BCUT2D eigenvalue weighted by atomic mass is 16.5. The molecule has 4 nitrogen and oxygen atoms in total. The first kappa shape index (κ1) is 14.0. The van der Waals surface area contributed by atoms with Crippen LogP contribution in [0.4, 0.5) is 0 Å². The second-order valence-electron chi connectivity index (χ2n) is 4.10. The quantitative estimate of drug-likeness (QED) is 0.801. The van der Waals surface area contributed by atoms with Crippen molar-refractivity contribution >= 4 is 5.91 Å². The lowest BCUT2D eigenvalue weighted by molar-refractivity contribution is 0.0752. The van der Waals surface area contributed by atoms with Gasteiger partial charge in [-0.3, -0.25) is 4.79 Å². The SMILES string of the molecule is CCN(CC(C)C#N)C(=O)c1ccc(OC)cc1. The third kappa shape index (κ3) is 3.49. The fraction of sp³-hybridized carbons (Fsp3) is 0.429. The molecule has 1 atom stereocenters. The standard InChI is InChI=1S/C14H18N2O2/c1-4-16(10-11(2)9-15)14(17)12-5-7-13(18-3)8-6-12/h5-8,11H,4,10H2,1-3H3. The van der Waals surface area contributed by atoms with Crippen molar-refractivity contribution in [2.45, 2.75) is 13.8 Å². The van der Waals surface area contributed by atoms with Gasteiger partial charge in [0, 0.05) is 18.7 Å². The number of hydrogen-bond acceptors (Lipinski definition) is 3. The number of ether oxygens (including phenoxy) is 1. The van der Waals surface area contributed by atoms with E-state index in [2.05, 4.69) is 6.07 Å². The number of benzene rings is 1. The predicted molar refractivity (Wildman–Crippen MR) is 69.3 cm³/mol. The van der Waals surface area contributed by atoms with Gasteiger partial charge in [0.2, 0.25) is 0 Å². The van der Waals surface area contributed by atoms with E-state index in [1.54, 1.807) is 36.3 Å². The Morgan fingerprint density at radius 3 is 2.50 bits per heavy atom. The Bertz CT molecular complexity index is 434. The molecule has 18 heavy (non-hydrogen) atoms. The van der Waals surface area contributed by atoms with Gasteiger partial charge in [-0.1, -0.05) is 0 Å². The average Bonchev–Trinajstić information content (AvgIpc) is 2.43. The van der Waals surface area contributed by atoms with Gasteiger partial charge >= 0.3 is 0 Å². The van der Waals surface area contributed by atoms with Gasteiger partial charge in [-0.15, -0.1) is 0 Å². The van der Waals surface area contributed by atoms with Crippen molar-refractivity contribution in [3.8, 4) is 11.8 Å². The summed E-state index contributed by atoms with van der Waals surface area (Å²) in [7, 11) is 1.59. The molecular weight excluding hydrogens is 228 g/mol. The number of rotatable bonds is 5. The first-order valence-corrected chi connectivity index (χ1v) is 5.95. The van der Waals surface area contributed by atoms with Gasteiger partial charge in [0.1, 0.15) is 5.75 Å². The largest absolute Gasteiger partial charge is 0.497 e. The maximum absolute atomic E-state index is 12.2. The lowest BCUT2D eigenvalue weighted by Crippen LogP contribution is -2.34. The molecule has 0 spiro atoms. The van der Waals surface area contributed by atoms with Crippen molar-refractivity contribution in [1.29, 1.82) is 5.26 Å². The molecule has 1 aromatic carbocycles. The van der Waals surface area contributed by atoms with E-state index in [1.165, 1.54) is 0 Å². The Morgan fingerprint density at radius 1 is 1.44 bits per heavy atom. The summed E-state index contributed by atoms with van der Waals surface area (Å²) >= 11 is 0. The van der Waals surface area contributed by atoms with Crippen molar-refractivity contribution in [2.75, 3.05) is 20.2 Å². The van der Waals surface area contributed by atoms with Gasteiger partial charge in [-0.05, 0) is 38.1 Å². The number of carbonyl (C=O) groups is 1. The molecule has 0 aromatic heterocycles. The smallest absolute Gasteiger partial charge is 0.253 e. The van der Waals surface area contributed by atoms with Crippen molar-refractivity contribution < 1.29 is 9.53 Å². The molecule has 1 rings (SSSR count). The summed E-state index contributed by atoms with van der Waals surface area (Å²) in [5.74, 6) is 0.509. The second-order valence-corrected chi connectivity index (χ2v) is 4.10. The number of amides is 1. The lowest BCUT2D eigenvalue weighted by atomic mass is 10.1. The van der Waals surface area contributed by atoms with Crippen LogP contribution in [0.15, 0.2) is 24.3 Å². The number of methoxy groups -OCH3 is 1. The minimum absolute atomic E-state index is 0.0535. The fourth-order valence-electron chi connectivity index (χ4n) is 1.64. The Balaban J connectivity index is 2.80. The molecule has 0 aliphatic carbocycles. The molecule has 0 aliphatic rings. The summed E-state index contributed by atoms with van der Waals surface area (Å²) < 4.78 is 5.05. The van der Waals surface area contributed by atoms with E-state index >= 15 is 0 Å². The van der Waals surface area contributed by atoms with Crippen LogP contribution in [0.5, 0.6) is 5.75 Å². The number of hydrogen-bond donors (Lipinski definition) is 0. The molecule has 0 saturated heterocycles. The third-order valence-corrected chi connectivity index (χ3v) is 2.72. The first-order valence-electron chi connectivity index (χ1n) is 5.95. The van der Waals surface area contributed by atoms with Crippen LogP contribution < -0.4 is 4.74 Å². The van der Waals surface area contributed by atoms with Crippen LogP contribution in [-0.2, 0) is 0 Å². The van der Waals surface area contributed by atoms with Crippen molar-refractivity contribution in [3.05, 3.63) is 29.8 Å². The summed E-state index contributed by atoms with van der Waals surface area (Å²) in [5, 5.41) is 8.80. The molecule has 0 fully saturated rings. The molecule has 0 bridgehead atoms. The minimum atomic E-state index is -0.160. The molecule has 0 saturated carbocycles. The molecule has 0 N–H and O–H groups in total. The van der Waals surface area contributed by atoms with E-state index in [0.29, 0.717) is 18.7 Å². The maximum atomic E-state index is 12.2. The summed E-state index contributed by atoms with van der Waals surface area (Å²) in [6.45, 7) is 4.77. The van der Waals surface area contributed by atoms with Gasteiger partial charge in [-0.2, -0.15) is 5.26 Å². The molecular formula is C14H18N2O2. The molecule has 1 amide bonds. The molecule has 1 unspecified atom stereocenters. The van der Waals surface area contributed by atoms with Crippen LogP contribution in [-0.4, -0.2) is 31.0 Å². The van der Waals surface area contributed by atoms with Crippen LogP contribution in [0.1, 0.15) is 24.2 Å². The summed E-state index contributed by atoms with van der Waals surface area (Å²) in [5.41, 5.74) is 0.614. The van der Waals surface area contributed by atoms with E-state index in [0.717, 1.165) is 5.75 Å². The zero-order valence-electron chi connectivity index (χ0n) is 11.0. The lowest BCUT2D eigenvalue weighted by Gasteiger charge is -2.22. The zero-order chi connectivity index (χ0) is 13.5. The Kier molecular flexibility index (Phi) is 5.19. The average molecular weight is 246 g/mol. The highest BCUT2D eigenvalue weighted by molar-refractivity contribution is 5.94. The van der Waals surface area contributed by atoms with E-state index in [-0.39, 0.29) is 11.8 Å². The van der Waals surface area contributed by atoms with Crippen molar-refractivity contribution in [1.82, 2.24) is 4.90 Å². The monoisotopic (exact) mass is 246 g/mol. The van der Waals surface area contributed by atoms with E-state index in [1.807, 2.05) is 13.8 Å². The zero-order valence-corrected chi connectivity index (χ0v) is 11.0. The van der Waals surface area contributed by atoms with Gasteiger partial charge in [-0.25, -0.2) is 0 Å². The van der Waals surface area contributed by atoms with Crippen molar-refractivity contribution in [3.63, 3.8) is 0 Å². The van der Waals surface area contributed by atoms with E-state index in [9.17, 15) is 4.79 Å². The van der Waals surface area contributed by atoms with Crippen LogP contribution in [0, 0.1) is 17.2 Å². The summed E-state index contributed by atoms with van der Waals surface area (Å²) in [6.07, 6.45) is 0. The highest BCUT2D eigenvalue weighted by Crippen LogP contribution is 2.13. The van der Waals surface area contributed by atoms with E-state index < -0.39 is 0 Å². The van der Waals surface area contributed by atoms with E-state index in [4.69, 9.17) is 10.00 Å². The molecule has 96 valence electrons. The second kappa shape index (κ2) is 6.65. The topological polar surface area (TPSA) is 53.3 Å². The van der Waals surface area contributed by atoms with Crippen LogP contribution >= 0.6 is 0 Å². The molecule has 0 radical (unpaired) electrons. The van der Waals surface area contributed by atoms with Crippen molar-refractivity contribution in [2.24, 2.45) is 5.92 Å². The number of nitrogens with zero attached hydrogens (tertiary/aromatic N) is 2. The minimum Gasteiger partial charge on any atom is -0.497 e. The third-order valence-electron chi connectivity index (χ3n) is 2.72. The maximum Gasteiger partial charge on any atom is 0.253 e. The molecule has 0 heterocycles. The molecule has 1 aromatic rings. The molecule has 0 aliphatic heterocycles. The van der Waals surface area contributed by atoms with Gasteiger partial charge in [0.05, 0.1) is 19.1 Å². The summed E-state index contributed by atoms with van der Waals surface area (Å²) in [4.78, 5) is 13.9. The van der Waals surface area contributed by atoms with Gasteiger partial charge in [0.25, 0.3) is 5.91 Å². The van der Waals surface area contributed by atoms with Gasteiger partial charge < -0.3 is 9.64 Å². The number of carbonyl (C=O) groups excluding carboxylic acids is 1. The Labute approximate surface area is 108 Å².